The van der Waals surface area contributed by atoms with E-state index < -0.39 is 32.5 Å². The van der Waals surface area contributed by atoms with Crippen LogP contribution in [0.3, 0.4) is 0 Å². The van der Waals surface area contributed by atoms with Crippen molar-refractivity contribution in [1.82, 2.24) is 0 Å². The number of carbonyl (C=O) groups is 2. The monoisotopic (exact) mass is 397 g/mol. The number of nitrogens with two attached hydrogens (primary N) is 1. The van der Waals surface area contributed by atoms with Gasteiger partial charge in [0.1, 0.15) is 6.61 Å². The Balaban J connectivity index is 4.42. The Labute approximate surface area is 155 Å². The third-order valence-electron chi connectivity index (χ3n) is 3.30. The number of hydrogen-bond donors (Lipinski definition) is 2. The Morgan fingerprint density at radius 2 is 1.73 bits per heavy atom. The minimum atomic E-state index is -4.31. The van der Waals surface area contributed by atoms with E-state index >= 15 is 0 Å². The molecule has 0 fully saturated rings. The maximum Gasteiger partial charge on any atom is 0.472 e. The molecule has 10 heteroatoms. The van der Waals surface area contributed by atoms with Crippen molar-refractivity contribution in [2.75, 3.05) is 26.4 Å². The molecule has 9 nitrogen and oxygen atoms in total. The molecule has 0 saturated heterocycles. The van der Waals surface area contributed by atoms with E-state index in [1.54, 1.807) is 6.92 Å². The van der Waals surface area contributed by atoms with Gasteiger partial charge < -0.3 is 20.1 Å². The van der Waals surface area contributed by atoms with Crippen LogP contribution in [0.5, 0.6) is 0 Å². The molecule has 0 amide bonds. The molecule has 0 rings (SSSR count). The third kappa shape index (κ3) is 14.2. The highest BCUT2D eigenvalue weighted by Gasteiger charge is 2.25. The predicted octanol–water partition coefficient (Wildman–Crippen LogP) is 2.30. The lowest BCUT2D eigenvalue weighted by Crippen LogP contribution is -2.29. The standard InChI is InChI=1S/C16H32NO8P/c1-3-5-6-7-8-9-16(19)25-14(12-22-15(18)4-2)13-24-26(20,21)23-11-10-17/h14H,3-13,17H2,1-2H3,(H,20,21)/t14-/m1/s1. The molecule has 0 spiro atoms. The average molecular weight is 397 g/mol. The molecule has 0 aromatic rings. The maximum absolute atomic E-state index is 11.9. The van der Waals surface area contributed by atoms with Gasteiger partial charge in [-0.15, -0.1) is 0 Å². The summed E-state index contributed by atoms with van der Waals surface area (Å²) in [6.07, 6.45) is 4.30. The lowest BCUT2D eigenvalue weighted by molar-refractivity contribution is -0.161. The molecule has 0 aliphatic heterocycles. The van der Waals surface area contributed by atoms with Gasteiger partial charge in [0.15, 0.2) is 6.10 Å². The number of esters is 2. The summed E-state index contributed by atoms with van der Waals surface area (Å²) in [5.41, 5.74) is 5.19. The first-order valence-corrected chi connectivity index (χ1v) is 10.5. The maximum atomic E-state index is 11.9. The van der Waals surface area contributed by atoms with Gasteiger partial charge in [-0.1, -0.05) is 39.5 Å². The molecule has 0 aromatic heterocycles. The largest absolute Gasteiger partial charge is 0.472 e. The van der Waals surface area contributed by atoms with Crippen molar-refractivity contribution in [1.29, 1.82) is 0 Å². The fourth-order valence-corrected chi connectivity index (χ4v) is 2.67. The number of unbranched alkanes of at least 4 members (excludes halogenated alkanes) is 4. The van der Waals surface area contributed by atoms with Crippen molar-refractivity contribution >= 4 is 19.8 Å². The molecule has 26 heavy (non-hydrogen) atoms. The second-order valence-electron chi connectivity index (χ2n) is 5.70. The molecular weight excluding hydrogens is 365 g/mol. The Hall–Kier alpha value is -0.990. The predicted molar refractivity (Wildman–Crippen MR) is 95.3 cm³/mol. The zero-order valence-corrected chi connectivity index (χ0v) is 16.6. The van der Waals surface area contributed by atoms with Gasteiger partial charge in [0, 0.05) is 19.4 Å². The molecule has 2 atom stereocenters. The van der Waals surface area contributed by atoms with Crippen LogP contribution in [0.4, 0.5) is 0 Å². The number of ether oxygens (including phenoxy) is 2. The zero-order chi connectivity index (χ0) is 19.8. The molecule has 0 aromatic carbocycles. The number of phosphoric acid groups is 1. The molecule has 3 N–H and O–H groups in total. The summed E-state index contributed by atoms with van der Waals surface area (Å²) < 4.78 is 31.1. The normalized spacial score (nSPS) is 14.5. The summed E-state index contributed by atoms with van der Waals surface area (Å²) in [5, 5.41) is 0. The van der Waals surface area contributed by atoms with Crippen molar-refractivity contribution in [2.45, 2.75) is 64.9 Å². The lowest BCUT2D eigenvalue weighted by Gasteiger charge is -2.19. The van der Waals surface area contributed by atoms with Crippen LogP contribution >= 0.6 is 7.82 Å². The van der Waals surface area contributed by atoms with Gasteiger partial charge >= 0.3 is 19.8 Å². The van der Waals surface area contributed by atoms with Gasteiger partial charge in [0.2, 0.25) is 0 Å². The highest BCUT2D eigenvalue weighted by Crippen LogP contribution is 2.43. The molecule has 0 bridgehead atoms. The first-order valence-electron chi connectivity index (χ1n) is 9.01. The van der Waals surface area contributed by atoms with E-state index in [1.807, 2.05) is 0 Å². The van der Waals surface area contributed by atoms with Crippen molar-refractivity contribution < 1.29 is 37.6 Å². The second kappa shape index (κ2) is 15.1. The highest BCUT2D eigenvalue weighted by atomic mass is 31.2. The Bertz CT molecular complexity index is 446. The van der Waals surface area contributed by atoms with Crippen LogP contribution in [0.2, 0.25) is 0 Å². The molecule has 0 aliphatic carbocycles. The van der Waals surface area contributed by atoms with Crippen molar-refractivity contribution in [3.8, 4) is 0 Å². The average Bonchev–Trinajstić information content (AvgIpc) is 2.61. The van der Waals surface area contributed by atoms with Crippen LogP contribution < -0.4 is 5.73 Å². The number of rotatable bonds is 16. The molecule has 154 valence electrons. The van der Waals surface area contributed by atoms with Crippen LogP contribution in [0.15, 0.2) is 0 Å². The summed E-state index contributed by atoms with van der Waals surface area (Å²) in [5.74, 6) is -0.949. The van der Waals surface area contributed by atoms with E-state index in [-0.39, 0.29) is 32.6 Å². The van der Waals surface area contributed by atoms with Crippen LogP contribution in [-0.4, -0.2) is 49.3 Å². The zero-order valence-electron chi connectivity index (χ0n) is 15.7. The Kier molecular flexibility index (Phi) is 14.5. The number of phosphoric ester groups is 1. The highest BCUT2D eigenvalue weighted by molar-refractivity contribution is 7.47. The van der Waals surface area contributed by atoms with Gasteiger partial charge in [0.05, 0.1) is 13.2 Å². The van der Waals surface area contributed by atoms with Gasteiger partial charge in [-0.2, -0.15) is 0 Å². The second-order valence-corrected chi connectivity index (χ2v) is 7.15. The lowest BCUT2D eigenvalue weighted by atomic mass is 10.1. The molecular formula is C16H32NO8P. The summed E-state index contributed by atoms with van der Waals surface area (Å²) in [7, 11) is -4.31. The van der Waals surface area contributed by atoms with Gasteiger partial charge in [-0.05, 0) is 6.42 Å². The summed E-state index contributed by atoms with van der Waals surface area (Å²) in [6.45, 7) is 2.94. The van der Waals surface area contributed by atoms with Gasteiger partial charge in [0.25, 0.3) is 0 Å². The van der Waals surface area contributed by atoms with Crippen LogP contribution in [-0.2, 0) is 32.7 Å². The van der Waals surface area contributed by atoms with Crippen LogP contribution in [0.1, 0.15) is 58.8 Å². The SMILES string of the molecule is CCCCCCCC(=O)O[C@H](COC(=O)CC)COP(=O)(O)OCCN. The minimum absolute atomic E-state index is 0.0540. The fraction of sp³-hybridized carbons (Fsp3) is 0.875. The minimum Gasteiger partial charge on any atom is -0.462 e. The third-order valence-corrected chi connectivity index (χ3v) is 4.28. The summed E-state index contributed by atoms with van der Waals surface area (Å²) in [4.78, 5) is 32.7. The van der Waals surface area contributed by atoms with Gasteiger partial charge in [-0.25, -0.2) is 4.57 Å². The summed E-state index contributed by atoms with van der Waals surface area (Å²) in [6, 6.07) is 0. The Morgan fingerprint density at radius 3 is 2.35 bits per heavy atom. The van der Waals surface area contributed by atoms with E-state index in [2.05, 4.69) is 11.4 Å². The topological polar surface area (TPSA) is 134 Å². The van der Waals surface area contributed by atoms with Crippen LogP contribution in [0.25, 0.3) is 0 Å². The fourth-order valence-electron chi connectivity index (χ4n) is 1.90. The molecule has 0 saturated carbocycles. The summed E-state index contributed by atoms with van der Waals surface area (Å²) >= 11 is 0. The van der Waals surface area contributed by atoms with E-state index in [1.165, 1.54) is 0 Å². The number of hydrogen-bond acceptors (Lipinski definition) is 8. The van der Waals surface area contributed by atoms with E-state index in [9.17, 15) is 19.0 Å². The molecule has 0 aliphatic rings. The Morgan fingerprint density at radius 1 is 1.04 bits per heavy atom. The van der Waals surface area contributed by atoms with Gasteiger partial charge in [-0.3, -0.25) is 18.6 Å². The molecule has 0 heterocycles. The quantitative estimate of drug-likeness (QED) is 0.228. The van der Waals surface area contributed by atoms with E-state index in [0.717, 1.165) is 25.7 Å². The molecule has 0 radical (unpaired) electrons. The van der Waals surface area contributed by atoms with Crippen LogP contribution in [0, 0.1) is 0 Å². The van der Waals surface area contributed by atoms with Crippen molar-refractivity contribution in [3.05, 3.63) is 0 Å². The van der Waals surface area contributed by atoms with Crippen molar-refractivity contribution in [3.63, 3.8) is 0 Å². The van der Waals surface area contributed by atoms with E-state index in [0.29, 0.717) is 6.42 Å². The number of carbonyl (C=O) groups excluding carboxylic acids is 2. The smallest absolute Gasteiger partial charge is 0.462 e. The first kappa shape index (κ1) is 25.0. The first-order chi connectivity index (χ1) is 12.3. The van der Waals surface area contributed by atoms with Crippen molar-refractivity contribution in [2.24, 2.45) is 5.73 Å². The molecule has 1 unspecified atom stereocenters. The van der Waals surface area contributed by atoms with E-state index in [4.69, 9.17) is 19.7 Å².